The molecule has 3 N–H and O–H groups in total. The van der Waals surface area contributed by atoms with E-state index in [1.165, 1.54) is 11.1 Å². The molecule has 1 aromatic carbocycles. The quantitative estimate of drug-likeness (QED) is 0.877. The lowest BCUT2D eigenvalue weighted by Crippen LogP contribution is -2.05. The van der Waals surface area contributed by atoms with Crippen molar-refractivity contribution < 1.29 is 0 Å². The van der Waals surface area contributed by atoms with Gasteiger partial charge in [0.05, 0.1) is 0 Å². The summed E-state index contributed by atoms with van der Waals surface area (Å²) in [5.74, 6) is 2.10. The summed E-state index contributed by atoms with van der Waals surface area (Å²) in [5.41, 5.74) is 9.07. The van der Waals surface area contributed by atoms with Gasteiger partial charge in [0.25, 0.3) is 0 Å². The van der Waals surface area contributed by atoms with E-state index < -0.39 is 0 Å². The second-order valence-corrected chi connectivity index (χ2v) is 5.23. The predicted octanol–water partition coefficient (Wildman–Crippen LogP) is 2.84. The summed E-state index contributed by atoms with van der Waals surface area (Å²) in [6, 6.07) is 10.4. The zero-order chi connectivity index (χ0) is 13.7. The molecule has 2 rings (SSSR count). The number of thioether (sulfide) groups is 1. The fourth-order valence-corrected chi connectivity index (χ4v) is 2.38. The van der Waals surface area contributed by atoms with Gasteiger partial charge in [0.2, 0.25) is 5.95 Å². The predicted molar refractivity (Wildman–Crippen MR) is 82.2 cm³/mol. The van der Waals surface area contributed by atoms with Crippen LogP contribution in [0.5, 0.6) is 0 Å². The highest BCUT2D eigenvalue weighted by Crippen LogP contribution is 2.13. The molecule has 0 fully saturated rings. The molecule has 100 valence electrons. The fraction of sp³-hybridized carbons (Fsp3) is 0.286. The van der Waals surface area contributed by atoms with Gasteiger partial charge in [-0.15, -0.1) is 0 Å². The molecule has 1 aromatic heterocycles. The van der Waals surface area contributed by atoms with Crippen molar-refractivity contribution in [1.29, 1.82) is 0 Å². The Morgan fingerprint density at radius 2 is 2.00 bits per heavy atom. The van der Waals surface area contributed by atoms with Crippen LogP contribution in [0.4, 0.5) is 11.8 Å². The van der Waals surface area contributed by atoms with Crippen LogP contribution in [0.2, 0.25) is 0 Å². The molecule has 0 bridgehead atoms. The molecule has 0 unspecified atom stereocenters. The second kappa shape index (κ2) is 6.43. The van der Waals surface area contributed by atoms with Gasteiger partial charge in [-0.3, -0.25) is 0 Å². The molecule has 5 heteroatoms. The first kappa shape index (κ1) is 13.7. The minimum Gasteiger partial charge on any atom is -0.368 e. The molecule has 0 amide bonds. The maximum Gasteiger partial charge on any atom is 0.222 e. The number of anilines is 2. The summed E-state index contributed by atoms with van der Waals surface area (Å²) in [5, 5.41) is 3.27. The SMILES string of the molecule is CSCc1cccc(CNc2cc(C)nc(N)n2)c1. The molecular weight excluding hydrogens is 256 g/mol. The summed E-state index contributed by atoms with van der Waals surface area (Å²) < 4.78 is 0. The van der Waals surface area contributed by atoms with Gasteiger partial charge in [-0.2, -0.15) is 16.7 Å². The van der Waals surface area contributed by atoms with Crippen molar-refractivity contribution in [3.05, 3.63) is 47.2 Å². The van der Waals surface area contributed by atoms with Crippen LogP contribution in [-0.2, 0) is 12.3 Å². The van der Waals surface area contributed by atoms with E-state index >= 15 is 0 Å². The molecule has 19 heavy (non-hydrogen) atoms. The molecule has 0 radical (unpaired) electrons. The maximum absolute atomic E-state index is 5.63. The third kappa shape index (κ3) is 4.13. The van der Waals surface area contributed by atoms with E-state index in [1.807, 2.05) is 24.8 Å². The van der Waals surface area contributed by atoms with Crippen LogP contribution in [0, 0.1) is 6.92 Å². The van der Waals surface area contributed by atoms with Gasteiger partial charge in [-0.05, 0) is 24.3 Å². The number of hydrogen-bond acceptors (Lipinski definition) is 5. The van der Waals surface area contributed by atoms with Crippen molar-refractivity contribution in [2.45, 2.75) is 19.2 Å². The Bertz CT molecular complexity index is 537. The third-order valence-corrected chi connectivity index (χ3v) is 3.27. The number of nitrogens with zero attached hydrogens (tertiary/aromatic N) is 2. The molecule has 0 aliphatic carbocycles. The minimum atomic E-state index is 0.304. The number of aromatic nitrogens is 2. The largest absolute Gasteiger partial charge is 0.368 e. The van der Waals surface area contributed by atoms with Crippen molar-refractivity contribution >= 4 is 23.5 Å². The van der Waals surface area contributed by atoms with Gasteiger partial charge < -0.3 is 11.1 Å². The second-order valence-electron chi connectivity index (χ2n) is 4.36. The van der Waals surface area contributed by atoms with Crippen LogP contribution < -0.4 is 11.1 Å². The highest BCUT2D eigenvalue weighted by molar-refractivity contribution is 7.97. The molecule has 0 aliphatic rings. The van der Waals surface area contributed by atoms with Gasteiger partial charge in [-0.25, -0.2) is 4.98 Å². The number of hydrogen-bond donors (Lipinski definition) is 2. The molecule has 4 nitrogen and oxygen atoms in total. The van der Waals surface area contributed by atoms with Crippen molar-refractivity contribution in [1.82, 2.24) is 9.97 Å². The van der Waals surface area contributed by atoms with Gasteiger partial charge in [-0.1, -0.05) is 24.3 Å². The monoisotopic (exact) mass is 274 g/mol. The smallest absolute Gasteiger partial charge is 0.222 e. The van der Waals surface area contributed by atoms with E-state index in [0.29, 0.717) is 5.95 Å². The summed E-state index contributed by atoms with van der Waals surface area (Å²) in [6.45, 7) is 2.64. The van der Waals surface area contributed by atoms with Crippen LogP contribution >= 0.6 is 11.8 Å². The van der Waals surface area contributed by atoms with E-state index in [9.17, 15) is 0 Å². The average Bonchev–Trinajstić information content (AvgIpc) is 2.36. The van der Waals surface area contributed by atoms with E-state index in [1.54, 1.807) is 0 Å². The Balaban J connectivity index is 2.03. The van der Waals surface area contributed by atoms with Crippen molar-refractivity contribution in [2.24, 2.45) is 0 Å². The van der Waals surface area contributed by atoms with Gasteiger partial charge in [0.1, 0.15) is 5.82 Å². The number of nitrogen functional groups attached to an aromatic ring is 1. The Kier molecular flexibility index (Phi) is 4.63. The maximum atomic E-state index is 5.63. The molecule has 0 saturated carbocycles. The normalized spacial score (nSPS) is 10.4. The zero-order valence-corrected chi connectivity index (χ0v) is 12.0. The van der Waals surface area contributed by atoms with E-state index in [-0.39, 0.29) is 0 Å². The topological polar surface area (TPSA) is 63.8 Å². The van der Waals surface area contributed by atoms with Crippen LogP contribution in [0.25, 0.3) is 0 Å². The lowest BCUT2D eigenvalue weighted by atomic mass is 10.1. The average molecular weight is 274 g/mol. The first-order valence-corrected chi connectivity index (χ1v) is 7.48. The summed E-state index contributed by atoms with van der Waals surface area (Å²) in [4.78, 5) is 8.21. The highest BCUT2D eigenvalue weighted by atomic mass is 32.2. The Labute approximate surface area is 117 Å². The summed E-state index contributed by atoms with van der Waals surface area (Å²) in [6.07, 6.45) is 2.11. The standard InChI is InChI=1S/C14H18N4S/c1-10-6-13(18-14(15)17-10)16-8-11-4-3-5-12(7-11)9-19-2/h3-7H,8-9H2,1-2H3,(H3,15,16,17,18). The van der Waals surface area contributed by atoms with Gasteiger partial charge in [0.15, 0.2) is 0 Å². The van der Waals surface area contributed by atoms with Crippen LogP contribution in [0.1, 0.15) is 16.8 Å². The first-order chi connectivity index (χ1) is 9.17. The van der Waals surface area contributed by atoms with E-state index in [0.717, 1.165) is 23.8 Å². The lowest BCUT2D eigenvalue weighted by Gasteiger charge is -2.08. The fourth-order valence-electron chi connectivity index (χ4n) is 1.87. The Hall–Kier alpha value is -1.75. The van der Waals surface area contributed by atoms with Crippen LogP contribution in [-0.4, -0.2) is 16.2 Å². The van der Waals surface area contributed by atoms with Crippen LogP contribution in [0.15, 0.2) is 30.3 Å². The minimum absolute atomic E-state index is 0.304. The number of rotatable bonds is 5. The molecule has 0 atom stereocenters. The Morgan fingerprint density at radius 1 is 1.21 bits per heavy atom. The van der Waals surface area contributed by atoms with Crippen molar-refractivity contribution in [3.63, 3.8) is 0 Å². The third-order valence-electron chi connectivity index (χ3n) is 2.65. The van der Waals surface area contributed by atoms with E-state index in [4.69, 9.17) is 5.73 Å². The molecule has 2 aromatic rings. The van der Waals surface area contributed by atoms with E-state index in [2.05, 4.69) is 45.8 Å². The molecular formula is C14H18N4S. The highest BCUT2D eigenvalue weighted by Gasteiger charge is 2.00. The van der Waals surface area contributed by atoms with Crippen molar-refractivity contribution in [2.75, 3.05) is 17.3 Å². The number of nitrogens with two attached hydrogens (primary N) is 1. The number of nitrogens with one attached hydrogen (secondary N) is 1. The molecule has 1 heterocycles. The first-order valence-electron chi connectivity index (χ1n) is 6.09. The molecule has 0 saturated heterocycles. The number of aryl methyl sites for hydroxylation is 1. The molecule has 0 spiro atoms. The number of benzene rings is 1. The lowest BCUT2D eigenvalue weighted by molar-refractivity contribution is 1.06. The summed E-state index contributed by atoms with van der Waals surface area (Å²) in [7, 11) is 0. The zero-order valence-electron chi connectivity index (χ0n) is 11.2. The van der Waals surface area contributed by atoms with Crippen LogP contribution in [0.3, 0.4) is 0 Å². The van der Waals surface area contributed by atoms with Crippen molar-refractivity contribution in [3.8, 4) is 0 Å². The van der Waals surface area contributed by atoms with Gasteiger partial charge >= 0.3 is 0 Å². The molecule has 0 aliphatic heterocycles. The van der Waals surface area contributed by atoms with Gasteiger partial charge in [0, 0.05) is 24.1 Å². The Morgan fingerprint density at radius 3 is 2.74 bits per heavy atom. The summed E-state index contributed by atoms with van der Waals surface area (Å²) >= 11 is 1.82.